The molecular weight excluding hydrogens is 450 g/mol. The lowest BCUT2D eigenvalue weighted by Gasteiger charge is -2.26. The maximum Gasteiger partial charge on any atom is 0.274 e. The van der Waals surface area contributed by atoms with Gasteiger partial charge in [-0.1, -0.05) is 60.7 Å². The van der Waals surface area contributed by atoms with E-state index in [1.807, 2.05) is 84.9 Å². The molecule has 6 rings (SSSR count). The van der Waals surface area contributed by atoms with Crippen molar-refractivity contribution >= 4 is 22.6 Å². The van der Waals surface area contributed by atoms with Crippen LogP contribution < -0.4 is 15.8 Å². The summed E-state index contributed by atoms with van der Waals surface area (Å²) in [6.07, 6.45) is 2.42. The van der Waals surface area contributed by atoms with E-state index in [0.717, 1.165) is 33.3 Å². The summed E-state index contributed by atoms with van der Waals surface area (Å²) in [5, 5.41) is 4.06. The fourth-order valence-electron chi connectivity index (χ4n) is 4.56. The van der Waals surface area contributed by atoms with Crippen molar-refractivity contribution in [2.75, 3.05) is 12.3 Å². The van der Waals surface area contributed by atoms with Crippen LogP contribution in [0, 0.1) is 0 Å². The van der Waals surface area contributed by atoms with Crippen molar-refractivity contribution in [1.29, 1.82) is 0 Å². The van der Waals surface area contributed by atoms with E-state index in [1.54, 1.807) is 6.20 Å². The van der Waals surface area contributed by atoms with Gasteiger partial charge in [-0.3, -0.25) is 9.78 Å². The number of nitrogens with zero attached hydrogens (tertiary/aromatic N) is 3. The van der Waals surface area contributed by atoms with Gasteiger partial charge in [0.05, 0.1) is 29.6 Å². The summed E-state index contributed by atoms with van der Waals surface area (Å²) < 4.78 is 5.73. The van der Waals surface area contributed by atoms with Crippen LogP contribution in [-0.2, 0) is 0 Å². The zero-order chi connectivity index (χ0) is 24.5. The molecule has 0 spiro atoms. The van der Waals surface area contributed by atoms with Crippen molar-refractivity contribution in [2.45, 2.75) is 12.5 Å². The monoisotopic (exact) mass is 473 g/mol. The highest BCUT2D eigenvalue weighted by Crippen LogP contribution is 2.34. The van der Waals surface area contributed by atoms with E-state index in [2.05, 4.69) is 15.3 Å². The standard InChI is InChI=1S/C29H23N5O2/c30-28-27(29(35)32-23-14-16-36-24-11-5-4-10-21(23)24)33-26(25(34-28)18-7-2-1-3-8-18)20-12-13-22-19(17-20)9-6-15-31-22/h1-13,15,17,23H,14,16H2,(H2,30,34)(H,32,35)/t23-/m1/s1. The molecule has 0 radical (unpaired) electrons. The maximum atomic E-state index is 13.4. The van der Waals surface area contributed by atoms with Gasteiger partial charge in [0.2, 0.25) is 0 Å². The van der Waals surface area contributed by atoms with Gasteiger partial charge in [-0.2, -0.15) is 0 Å². The first-order chi connectivity index (χ1) is 17.7. The first kappa shape index (κ1) is 21.7. The number of para-hydroxylation sites is 1. The van der Waals surface area contributed by atoms with Crippen molar-refractivity contribution in [2.24, 2.45) is 0 Å². The molecule has 3 N–H and O–H groups in total. The van der Waals surface area contributed by atoms with Gasteiger partial charge < -0.3 is 15.8 Å². The molecule has 36 heavy (non-hydrogen) atoms. The van der Waals surface area contributed by atoms with E-state index < -0.39 is 0 Å². The van der Waals surface area contributed by atoms with Gasteiger partial charge in [-0.25, -0.2) is 9.97 Å². The third-order valence-corrected chi connectivity index (χ3v) is 6.33. The predicted octanol–water partition coefficient (Wildman–Crippen LogP) is 5.19. The van der Waals surface area contributed by atoms with Gasteiger partial charge in [0.25, 0.3) is 5.91 Å². The van der Waals surface area contributed by atoms with Gasteiger partial charge in [0.1, 0.15) is 5.75 Å². The van der Waals surface area contributed by atoms with E-state index in [0.29, 0.717) is 24.4 Å². The number of pyridine rings is 1. The number of rotatable bonds is 4. The molecule has 5 aromatic rings. The molecule has 0 fully saturated rings. The summed E-state index contributed by atoms with van der Waals surface area (Å²) in [6.45, 7) is 0.520. The van der Waals surface area contributed by atoms with Crippen molar-refractivity contribution in [3.05, 3.63) is 102 Å². The smallest absolute Gasteiger partial charge is 0.274 e. The quantitative estimate of drug-likeness (QED) is 0.372. The molecule has 0 saturated heterocycles. The third kappa shape index (κ3) is 4.01. The second kappa shape index (κ2) is 9.11. The first-order valence-electron chi connectivity index (χ1n) is 11.8. The molecule has 3 aromatic carbocycles. The number of nitrogens with two attached hydrogens (primary N) is 1. The van der Waals surface area contributed by atoms with E-state index in [9.17, 15) is 4.79 Å². The lowest BCUT2D eigenvalue weighted by Crippen LogP contribution is -2.33. The summed E-state index contributed by atoms with van der Waals surface area (Å²) in [5.74, 6) is 0.487. The zero-order valence-corrected chi connectivity index (χ0v) is 19.4. The van der Waals surface area contributed by atoms with Crippen LogP contribution in [0.15, 0.2) is 91.1 Å². The second-order valence-corrected chi connectivity index (χ2v) is 8.63. The number of ether oxygens (including phenoxy) is 1. The summed E-state index contributed by atoms with van der Waals surface area (Å²) in [5.41, 5.74) is 11.1. The second-order valence-electron chi connectivity index (χ2n) is 8.63. The van der Waals surface area contributed by atoms with Gasteiger partial charge in [-0.15, -0.1) is 0 Å². The number of anilines is 1. The Hall–Kier alpha value is -4.78. The van der Waals surface area contributed by atoms with Crippen LogP contribution in [0.4, 0.5) is 5.82 Å². The molecule has 1 amide bonds. The van der Waals surface area contributed by atoms with E-state index >= 15 is 0 Å². The average molecular weight is 474 g/mol. The molecule has 0 aliphatic carbocycles. The summed E-state index contributed by atoms with van der Waals surface area (Å²) in [4.78, 5) is 27.3. The minimum Gasteiger partial charge on any atom is -0.493 e. The Morgan fingerprint density at radius 3 is 2.58 bits per heavy atom. The number of carbonyl (C=O) groups excluding carboxylic acids is 1. The lowest BCUT2D eigenvalue weighted by atomic mass is 10.00. The highest BCUT2D eigenvalue weighted by Gasteiger charge is 2.26. The van der Waals surface area contributed by atoms with Crippen LogP contribution in [0.5, 0.6) is 5.75 Å². The van der Waals surface area contributed by atoms with Crippen LogP contribution in [0.25, 0.3) is 33.4 Å². The van der Waals surface area contributed by atoms with Crippen molar-refractivity contribution in [3.8, 4) is 28.3 Å². The van der Waals surface area contributed by atoms with Crippen molar-refractivity contribution in [1.82, 2.24) is 20.3 Å². The zero-order valence-electron chi connectivity index (χ0n) is 19.4. The molecule has 2 aromatic heterocycles. The van der Waals surface area contributed by atoms with E-state index in [1.165, 1.54) is 0 Å². The highest BCUT2D eigenvalue weighted by molar-refractivity contribution is 5.98. The predicted molar refractivity (Wildman–Crippen MR) is 139 cm³/mol. The summed E-state index contributed by atoms with van der Waals surface area (Å²) >= 11 is 0. The average Bonchev–Trinajstić information content (AvgIpc) is 2.93. The molecule has 3 heterocycles. The normalized spacial score (nSPS) is 14.6. The van der Waals surface area contributed by atoms with Gasteiger partial charge in [0.15, 0.2) is 11.5 Å². The Morgan fingerprint density at radius 1 is 0.889 bits per heavy atom. The van der Waals surface area contributed by atoms with Gasteiger partial charge >= 0.3 is 0 Å². The van der Waals surface area contributed by atoms with Gasteiger partial charge in [-0.05, 0) is 24.3 Å². The molecule has 1 aliphatic heterocycles. The molecule has 0 unspecified atom stereocenters. The number of aromatic nitrogens is 3. The third-order valence-electron chi connectivity index (χ3n) is 6.33. The fourth-order valence-corrected chi connectivity index (χ4v) is 4.56. The summed E-state index contributed by atoms with van der Waals surface area (Å²) in [7, 11) is 0. The van der Waals surface area contributed by atoms with Crippen LogP contribution in [0.3, 0.4) is 0 Å². The van der Waals surface area contributed by atoms with Crippen LogP contribution >= 0.6 is 0 Å². The van der Waals surface area contributed by atoms with Crippen LogP contribution in [-0.4, -0.2) is 27.5 Å². The first-order valence-corrected chi connectivity index (χ1v) is 11.8. The molecule has 7 nitrogen and oxygen atoms in total. The van der Waals surface area contributed by atoms with Crippen molar-refractivity contribution in [3.63, 3.8) is 0 Å². The highest BCUT2D eigenvalue weighted by atomic mass is 16.5. The SMILES string of the molecule is Nc1nc(-c2ccccc2)c(-c2ccc3ncccc3c2)nc1C(=O)N[C@@H]1CCOc2ccccc21. The molecular formula is C29H23N5O2. The molecule has 0 saturated carbocycles. The Labute approximate surface area is 208 Å². The minimum absolute atomic E-state index is 0.0814. The Morgan fingerprint density at radius 2 is 1.69 bits per heavy atom. The Balaban J connectivity index is 1.44. The van der Waals surface area contributed by atoms with Crippen molar-refractivity contribution < 1.29 is 9.53 Å². The number of hydrogen-bond acceptors (Lipinski definition) is 6. The minimum atomic E-state index is -0.370. The molecule has 1 aliphatic rings. The number of hydrogen-bond donors (Lipinski definition) is 2. The number of amides is 1. The van der Waals surface area contributed by atoms with Gasteiger partial charge in [0, 0.05) is 34.7 Å². The fraction of sp³-hybridized carbons (Fsp3) is 0.103. The number of carbonyl (C=O) groups is 1. The number of benzene rings is 3. The van der Waals surface area contributed by atoms with E-state index in [4.69, 9.17) is 15.5 Å². The Bertz CT molecular complexity index is 1590. The van der Waals surface area contributed by atoms with Crippen LogP contribution in [0.1, 0.15) is 28.5 Å². The lowest BCUT2D eigenvalue weighted by molar-refractivity contribution is 0.0920. The van der Waals surface area contributed by atoms with Crippen LogP contribution in [0.2, 0.25) is 0 Å². The largest absolute Gasteiger partial charge is 0.493 e. The number of nitrogen functional groups attached to an aromatic ring is 1. The topological polar surface area (TPSA) is 103 Å². The maximum absolute atomic E-state index is 13.4. The number of fused-ring (bicyclic) bond motifs is 2. The number of nitrogens with one attached hydrogen (secondary N) is 1. The van der Waals surface area contributed by atoms with E-state index in [-0.39, 0.29) is 23.5 Å². The molecule has 0 bridgehead atoms. The molecule has 7 heteroatoms. The molecule has 176 valence electrons. The summed E-state index contributed by atoms with van der Waals surface area (Å²) in [6, 6.07) is 27.0. The Kier molecular flexibility index (Phi) is 5.50. The molecule has 1 atom stereocenters.